The molecule has 0 radical (unpaired) electrons. The first-order valence-corrected chi connectivity index (χ1v) is 32.4. The number of esters is 1. The van der Waals surface area contributed by atoms with Crippen LogP contribution in [0.1, 0.15) is 265 Å². The molecule has 0 aromatic carbocycles. The number of likely N-dealkylation sites (N-methyl/N-ethyl adjacent to an activating group) is 1. The number of phosphoric ester groups is 1. The molecular formula is C65H118N2O7P+. The van der Waals surface area contributed by atoms with Crippen LogP contribution in [-0.2, 0) is 27.9 Å². The minimum absolute atomic E-state index is 0.0242. The zero-order chi connectivity index (χ0) is 55.0. The Kier molecular flexibility index (Phi) is 52.5. The number of carbonyl (C=O) groups excluding carboxylic acids is 2. The fourth-order valence-electron chi connectivity index (χ4n) is 8.57. The second-order valence-electron chi connectivity index (χ2n) is 21.8. The summed E-state index contributed by atoms with van der Waals surface area (Å²) < 4.78 is 30.6. The number of nitrogens with zero attached hydrogens (tertiary/aromatic N) is 1. The van der Waals surface area contributed by atoms with E-state index in [2.05, 4.69) is 92.9 Å². The summed E-state index contributed by atoms with van der Waals surface area (Å²) in [7, 11) is 1.45. The average Bonchev–Trinajstić information content (AvgIpc) is 3.37. The SMILES string of the molecule is CC/C=C/C/C=C/C/C=C/C/C=C/C/C=C/CCC(=O)NC(COP(=O)(O)OCC[N+](C)(C)C)C(/C=C/CCCCCCCCCCCC)OC(=O)CCCCCCCCCCCCC/C=C/CCCCCCCC. The van der Waals surface area contributed by atoms with Crippen LogP contribution < -0.4 is 5.32 Å². The van der Waals surface area contributed by atoms with Crippen molar-refractivity contribution in [3.05, 3.63) is 85.1 Å². The fraction of sp³-hybridized carbons (Fsp3) is 0.754. The van der Waals surface area contributed by atoms with Gasteiger partial charge in [-0.05, 0) is 89.5 Å². The van der Waals surface area contributed by atoms with Crippen molar-refractivity contribution in [2.24, 2.45) is 0 Å². The zero-order valence-corrected chi connectivity index (χ0v) is 50.4. The van der Waals surface area contributed by atoms with E-state index in [4.69, 9.17) is 13.8 Å². The number of carbonyl (C=O) groups is 2. The molecule has 10 heteroatoms. The molecule has 0 saturated carbocycles. The number of phosphoric acid groups is 1. The van der Waals surface area contributed by atoms with E-state index in [1.54, 1.807) is 0 Å². The molecule has 0 aliphatic rings. The van der Waals surface area contributed by atoms with Gasteiger partial charge in [0.1, 0.15) is 19.3 Å². The molecule has 0 aromatic rings. The lowest BCUT2D eigenvalue weighted by molar-refractivity contribution is -0.870. The molecule has 3 atom stereocenters. The maximum atomic E-state index is 13.5. The molecule has 0 saturated heterocycles. The van der Waals surface area contributed by atoms with Crippen LogP contribution in [0.5, 0.6) is 0 Å². The summed E-state index contributed by atoms with van der Waals surface area (Å²) in [5.41, 5.74) is 0. The lowest BCUT2D eigenvalue weighted by Gasteiger charge is -2.27. The van der Waals surface area contributed by atoms with Gasteiger partial charge in [0.15, 0.2) is 0 Å². The summed E-state index contributed by atoms with van der Waals surface area (Å²) in [6.07, 6.45) is 71.8. The quantitative estimate of drug-likeness (QED) is 0.0205. The lowest BCUT2D eigenvalue weighted by atomic mass is 10.0. The number of allylic oxidation sites excluding steroid dienone is 13. The molecule has 3 unspecified atom stereocenters. The first-order valence-electron chi connectivity index (χ1n) is 30.9. The molecule has 0 heterocycles. The van der Waals surface area contributed by atoms with E-state index < -0.39 is 20.0 Å². The Balaban J connectivity index is 5.32. The third kappa shape index (κ3) is 55.7. The monoisotopic (exact) mass is 1070 g/mol. The van der Waals surface area contributed by atoms with Gasteiger partial charge in [0.05, 0.1) is 33.8 Å². The third-order valence-electron chi connectivity index (χ3n) is 13.3. The van der Waals surface area contributed by atoms with Gasteiger partial charge in [-0.3, -0.25) is 18.6 Å². The molecule has 0 aromatic heterocycles. The first-order chi connectivity index (χ1) is 36.4. The number of amides is 1. The molecule has 1 amide bonds. The van der Waals surface area contributed by atoms with Gasteiger partial charge >= 0.3 is 13.8 Å². The van der Waals surface area contributed by atoms with E-state index in [9.17, 15) is 19.0 Å². The zero-order valence-electron chi connectivity index (χ0n) is 49.5. The second-order valence-corrected chi connectivity index (χ2v) is 23.3. The van der Waals surface area contributed by atoms with Crippen molar-refractivity contribution in [3.63, 3.8) is 0 Å². The standard InChI is InChI=1S/C65H117N2O7P/c1-7-10-13-16-19-22-25-28-30-32-33-34-35-36-38-40-43-46-49-52-55-58-65(69)74-63(56-53-50-47-44-41-27-24-21-18-15-12-9-3)62(61-73-75(70,71)72-60-59-67(4,5)6)66-64(68)57-54-51-48-45-42-39-37-31-29-26-23-20-17-14-11-8-2/h11,14,20,23,28-31,39,42,48,51,53,56,62-63H,7-10,12-13,15-19,21-22,24-27,32-38,40-41,43-47,49-50,52,54-55,57-61H2,1-6H3,(H-,66,68,70,71)/p+1/b14-11+,23-20+,30-28+,31-29+,42-39+,51-48+,56-53+. The summed E-state index contributed by atoms with van der Waals surface area (Å²) >= 11 is 0. The fourth-order valence-corrected chi connectivity index (χ4v) is 9.31. The van der Waals surface area contributed by atoms with Crippen LogP contribution in [0.4, 0.5) is 0 Å². The largest absolute Gasteiger partial charge is 0.472 e. The minimum Gasteiger partial charge on any atom is -0.456 e. The Morgan fingerprint density at radius 3 is 1.31 bits per heavy atom. The van der Waals surface area contributed by atoms with Gasteiger partial charge in [-0.15, -0.1) is 0 Å². The molecule has 0 fully saturated rings. The van der Waals surface area contributed by atoms with Gasteiger partial charge in [0, 0.05) is 12.8 Å². The van der Waals surface area contributed by atoms with Crippen LogP contribution in [0.15, 0.2) is 85.1 Å². The Morgan fingerprint density at radius 1 is 0.480 bits per heavy atom. The number of quaternary nitrogens is 1. The minimum atomic E-state index is -4.47. The van der Waals surface area contributed by atoms with Crippen LogP contribution in [0.25, 0.3) is 0 Å². The average molecular weight is 1070 g/mol. The molecule has 0 aliphatic heterocycles. The molecule has 434 valence electrons. The van der Waals surface area contributed by atoms with Gasteiger partial charge in [-0.2, -0.15) is 0 Å². The van der Waals surface area contributed by atoms with E-state index in [0.717, 1.165) is 70.6 Å². The van der Waals surface area contributed by atoms with Crippen molar-refractivity contribution in [3.8, 4) is 0 Å². The summed E-state index contributed by atoms with van der Waals surface area (Å²) in [5.74, 6) is -0.602. The number of ether oxygens (including phenoxy) is 1. The van der Waals surface area contributed by atoms with E-state index in [-0.39, 0.29) is 37.9 Å². The number of hydrogen-bond acceptors (Lipinski definition) is 6. The molecular weight excluding hydrogens is 952 g/mol. The van der Waals surface area contributed by atoms with Gasteiger partial charge in [-0.1, -0.05) is 247 Å². The van der Waals surface area contributed by atoms with Crippen molar-refractivity contribution < 1.29 is 37.3 Å². The van der Waals surface area contributed by atoms with Crippen molar-refractivity contribution in [2.75, 3.05) is 40.9 Å². The highest BCUT2D eigenvalue weighted by atomic mass is 31.2. The number of nitrogens with one attached hydrogen (secondary N) is 1. The first kappa shape index (κ1) is 72.2. The highest BCUT2D eigenvalue weighted by Crippen LogP contribution is 2.43. The third-order valence-corrected chi connectivity index (χ3v) is 14.3. The molecule has 2 N–H and O–H groups in total. The molecule has 0 rings (SSSR count). The van der Waals surface area contributed by atoms with Crippen LogP contribution in [-0.4, -0.2) is 74.3 Å². The van der Waals surface area contributed by atoms with Gasteiger partial charge in [-0.25, -0.2) is 4.57 Å². The van der Waals surface area contributed by atoms with Crippen LogP contribution in [0.3, 0.4) is 0 Å². The smallest absolute Gasteiger partial charge is 0.456 e. The van der Waals surface area contributed by atoms with E-state index in [1.807, 2.05) is 39.4 Å². The lowest BCUT2D eigenvalue weighted by Crippen LogP contribution is -2.47. The molecule has 0 aliphatic carbocycles. The normalized spacial score (nSPS) is 14.3. The van der Waals surface area contributed by atoms with Crippen molar-refractivity contribution >= 4 is 19.7 Å². The Labute approximate surface area is 463 Å². The Bertz CT molecular complexity index is 1560. The summed E-state index contributed by atoms with van der Waals surface area (Å²) in [4.78, 5) is 37.6. The van der Waals surface area contributed by atoms with E-state index >= 15 is 0 Å². The Hall–Kier alpha value is -2.81. The summed E-state index contributed by atoms with van der Waals surface area (Å²) in [6, 6.07) is -0.891. The second kappa shape index (κ2) is 54.5. The predicted octanol–water partition coefficient (Wildman–Crippen LogP) is 19.0. The molecule has 9 nitrogen and oxygen atoms in total. The number of rotatable bonds is 55. The Morgan fingerprint density at radius 2 is 0.867 bits per heavy atom. The number of unbranched alkanes of at least 4 members (excludes halogenated alkanes) is 27. The van der Waals surface area contributed by atoms with Crippen LogP contribution in [0.2, 0.25) is 0 Å². The maximum Gasteiger partial charge on any atom is 0.472 e. The van der Waals surface area contributed by atoms with E-state index in [1.165, 1.54) is 154 Å². The summed E-state index contributed by atoms with van der Waals surface area (Å²) in [5, 5.41) is 3.00. The van der Waals surface area contributed by atoms with Gasteiger partial charge in [0.2, 0.25) is 5.91 Å². The highest BCUT2D eigenvalue weighted by Gasteiger charge is 2.30. The van der Waals surface area contributed by atoms with Gasteiger partial charge < -0.3 is 19.4 Å². The van der Waals surface area contributed by atoms with Crippen molar-refractivity contribution in [1.82, 2.24) is 5.32 Å². The molecule has 0 spiro atoms. The molecule has 0 bridgehead atoms. The highest BCUT2D eigenvalue weighted by molar-refractivity contribution is 7.47. The predicted molar refractivity (Wildman–Crippen MR) is 323 cm³/mol. The number of hydrogen-bond donors (Lipinski definition) is 2. The maximum absolute atomic E-state index is 13.5. The topological polar surface area (TPSA) is 111 Å². The summed E-state index contributed by atoms with van der Waals surface area (Å²) in [6.45, 7) is 6.84. The van der Waals surface area contributed by atoms with E-state index in [0.29, 0.717) is 17.4 Å². The van der Waals surface area contributed by atoms with Crippen LogP contribution in [0, 0.1) is 0 Å². The van der Waals surface area contributed by atoms with Crippen LogP contribution >= 0.6 is 7.82 Å². The van der Waals surface area contributed by atoms with Crippen molar-refractivity contribution in [2.45, 2.75) is 277 Å². The molecule has 75 heavy (non-hydrogen) atoms. The van der Waals surface area contributed by atoms with Gasteiger partial charge in [0.25, 0.3) is 0 Å². The van der Waals surface area contributed by atoms with Crippen molar-refractivity contribution in [1.29, 1.82) is 0 Å².